The van der Waals surface area contributed by atoms with Crippen LogP contribution in [0.25, 0.3) is 11.1 Å². The fourth-order valence-electron chi connectivity index (χ4n) is 3.12. The Morgan fingerprint density at radius 2 is 1.91 bits per heavy atom. The molecular formula is C21H24N4O7S. The fraction of sp³-hybridized carbons (Fsp3) is 0.333. The summed E-state index contributed by atoms with van der Waals surface area (Å²) in [5.74, 6) is -1.02. The van der Waals surface area contributed by atoms with Gasteiger partial charge in [-0.05, 0) is 38.5 Å². The van der Waals surface area contributed by atoms with Crippen LogP contribution in [-0.4, -0.2) is 42.7 Å². The Bertz CT molecular complexity index is 1300. The Morgan fingerprint density at radius 1 is 1.15 bits per heavy atom. The van der Waals surface area contributed by atoms with Crippen molar-refractivity contribution >= 4 is 44.6 Å². The highest BCUT2D eigenvalue weighted by atomic mass is 32.2. The summed E-state index contributed by atoms with van der Waals surface area (Å²) < 4.78 is 42.1. The molecule has 1 aromatic carbocycles. The Balaban J connectivity index is 1.76. The van der Waals surface area contributed by atoms with E-state index in [1.807, 2.05) is 0 Å². The zero-order chi connectivity index (χ0) is 24.2. The molecule has 0 aliphatic rings. The molecule has 33 heavy (non-hydrogen) atoms. The van der Waals surface area contributed by atoms with E-state index >= 15 is 0 Å². The lowest BCUT2D eigenvalue weighted by atomic mass is 10.2. The quantitative estimate of drug-likeness (QED) is 0.439. The zero-order valence-corrected chi connectivity index (χ0v) is 19.2. The number of aryl methyl sites for hydroxylation is 1. The maximum absolute atomic E-state index is 12.5. The van der Waals surface area contributed by atoms with Gasteiger partial charge in [0.05, 0.1) is 23.3 Å². The number of rotatable bonds is 9. The third-order valence-corrected chi connectivity index (χ3v) is 5.95. The third kappa shape index (κ3) is 5.58. The number of ether oxygens (including phenoxy) is 2. The van der Waals surface area contributed by atoms with Crippen LogP contribution in [0.1, 0.15) is 52.6 Å². The van der Waals surface area contributed by atoms with Gasteiger partial charge < -0.3 is 19.6 Å². The molecule has 176 valence electrons. The highest BCUT2D eigenvalue weighted by molar-refractivity contribution is 7.92. The average molecular weight is 477 g/mol. The molecule has 0 atom stereocenters. The van der Waals surface area contributed by atoms with Crippen molar-refractivity contribution in [3.63, 3.8) is 0 Å². The van der Waals surface area contributed by atoms with E-state index in [-0.39, 0.29) is 64.3 Å². The van der Waals surface area contributed by atoms with Gasteiger partial charge >= 0.3 is 11.9 Å². The predicted molar refractivity (Wildman–Crippen MR) is 120 cm³/mol. The topological polar surface area (TPSA) is 164 Å². The van der Waals surface area contributed by atoms with Crippen LogP contribution in [0, 0.1) is 6.92 Å². The summed E-state index contributed by atoms with van der Waals surface area (Å²) in [6.45, 7) is 4.87. The van der Waals surface area contributed by atoms with Crippen LogP contribution in [0.5, 0.6) is 0 Å². The molecule has 0 bridgehead atoms. The first-order valence-corrected chi connectivity index (χ1v) is 11.8. The Hall–Kier alpha value is -3.67. The SMILES string of the molecule is CCCS(=O)(=O)Nc1cccc(C(=O)OCc2nc(N)c3c(C(=O)OCC)c(C)oc3n2)c1. The minimum Gasteiger partial charge on any atom is -0.462 e. The molecule has 0 saturated carbocycles. The Kier molecular flexibility index (Phi) is 7.16. The number of carbonyl (C=O) groups is 2. The third-order valence-electron chi connectivity index (χ3n) is 4.46. The number of hydrogen-bond donors (Lipinski definition) is 2. The Labute approximate surface area is 190 Å². The molecule has 0 spiro atoms. The van der Waals surface area contributed by atoms with Crippen LogP contribution in [0.15, 0.2) is 28.7 Å². The standard InChI is InChI=1S/C21H24N4O7S/c1-4-9-33(28,29)25-14-8-6-7-13(10-14)20(26)31-11-15-23-18(22)17-16(21(27)30-5-2)12(3)32-19(17)24-15/h6-8,10,25H,4-5,9,11H2,1-3H3,(H2,22,23,24). The molecule has 0 amide bonds. The summed E-state index contributed by atoms with van der Waals surface area (Å²) in [4.78, 5) is 32.9. The summed E-state index contributed by atoms with van der Waals surface area (Å²) in [5.41, 5.74) is 6.61. The number of nitrogens with two attached hydrogens (primary N) is 1. The van der Waals surface area contributed by atoms with Crippen LogP contribution in [0.4, 0.5) is 11.5 Å². The van der Waals surface area contributed by atoms with E-state index in [1.165, 1.54) is 24.3 Å². The molecule has 12 heteroatoms. The first kappa shape index (κ1) is 24.0. The molecule has 11 nitrogen and oxygen atoms in total. The summed E-state index contributed by atoms with van der Waals surface area (Å²) in [7, 11) is -3.50. The fourth-order valence-corrected chi connectivity index (χ4v) is 4.25. The van der Waals surface area contributed by atoms with Gasteiger partial charge in [0.1, 0.15) is 17.1 Å². The smallest absolute Gasteiger partial charge is 0.342 e. The molecule has 0 unspecified atom stereocenters. The summed E-state index contributed by atoms with van der Waals surface area (Å²) in [6.07, 6.45) is 0.459. The molecule has 2 heterocycles. The molecule has 0 aliphatic carbocycles. The number of aromatic nitrogens is 2. The number of esters is 2. The van der Waals surface area contributed by atoms with E-state index in [0.717, 1.165) is 0 Å². The number of fused-ring (bicyclic) bond motifs is 1. The highest BCUT2D eigenvalue weighted by Gasteiger charge is 2.24. The van der Waals surface area contributed by atoms with Crippen molar-refractivity contribution in [3.05, 3.63) is 47.0 Å². The van der Waals surface area contributed by atoms with Crippen LogP contribution in [0.2, 0.25) is 0 Å². The zero-order valence-electron chi connectivity index (χ0n) is 18.4. The van der Waals surface area contributed by atoms with E-state index in [2.05, 4.69) is 14.7 Å². The van der Waals surface area contributed by atoms with Gasteiger partial charge in [0, 0.05) is 5.69 Å². The van der Waals surface area contributed by atoms with Crippen LogP contribution < -0.4 is 10.5 Å². The summed E-state index contributed by atoms with van der Waals surface area (Å²) >= 11 is 0. The van der Waals surface area contributed by atoms with Crippen molar-refractivity contribution in [1.82, 2.24) is 9.97 Å². The van der Waals surface area contributed by atoms with Crippen molar-refractivity contribution in [2.75, 3.05) is 22.8 Å². The second kappa shape index (κ2) is 9.86. The van der Waals surface area contributed by atoms with Gasteiger partial charge in [0.2, 0.25) is 15.7 Å². The lowest BCUT2D eigenvalue weighted by molar-refractivity contribution is 0.0461. The number of hydrogen-bond acceptors (Lipinski definition) is 10. The van der Waals surface area contributed by atoms with Gasteiger partial charge in [0.15, 0.2) is 12.4 Å². The number of carbonyl (C=O) groups excluding carboxylic acids is 2. The normalized spacial score (nSPS) is 11.4. The number of nitrogen functional groups attached to an aromatic ring is 1. The minimum atomic E-state index is -3.50. The molecule has 0 saturated heterocycles. The molecule has 3 N–H and O–H groups in total. The summed E-state index contributed by atoms with van der Waals surface area (Å²) in [5, 5.41) is 0.230. The number of benzene rings is 1. The molecule has 3 rings (SSSR count). The summed E-state index contributed by atoms with van der Waals surface area (Å²) in [6, 6.07) is 5.92. The number of nitrogens with one attached hydrogen (secondary N) is 1. The van der Waals surface area contributed by atoms with Crippen LogP contribution in [0.3, 0.4) is 0 Å². The molecular weight excluding hydrogens is 452 g/mol. The van der Waals surface area contributed by atoms with E-state index in [4.69, 9.17) is 19.6 Å². The second-order valence-electron chi connectivity index (χ2n) is 7.04. The Morgan fingerprint density at radius 3 is 2.61 bits per heavy atom. The number of furan rings is 1. The van der Waals surface area contributed by atoms with E-state index < -0.39 is 22.0 Å². The van der Waals surface area contributed by atoms with Gasteiger partial charge in [-0.3, -0.25) is 4.72 Å². The minimum absolute atomic E-state index is 0.0155. The lowest BCUT2D eigenvalue weighted by Gasteiger charge is -2.09. The maximum Gasteiger partial charge on any atom is 0.342 e. The van der Waals surface area contributed by atoms with Crippen molar-refractivity contribution in [1.29, 1.82) is 0 Å². The van der Waals surface area contributed by atoms with Crippen molar-refractivity contribution < 1.29 is 31.9 Å². The van der Waals surface area contributed by atoms with Crippen LogP contribution >= 0.6 is 0 Å². The first-order chi connectivity index (χ1) is 15.6. The predicted octanol–water partition coefficient (Wildman–Crippen LogP) is 2.80. The molecule has 0 fully saturated rings. The van der Waals surface area contributed by atoms with Gasteiger partial charge in [-0.25, -0.2) is 23.0 Å². The number of nitrogens with zero attached hydrogens (tertiary/aromatic N) is 2. The van der Waals surface area contributed by atoms with E-state index in [9.17, 15) is 18.0 Å². The van der Waals surface area contributed by atoms with Crippen LogP contribution in [-0.2, 0) is 26.1 Å². The number of sulfonamides is 1. The van der Waals surface area contributed by atoms with Crippen molar-refractivity contribution in [3.8, 4) is 0 Å². The molecule has 2 aromatic heterocycles. The average Bonchev–Trinajstić information content (AvgIpc) is 3.08. The second-order valence-corrected chi connectivity index (χ2v) is 8.88. The van der Waals surface area contributed by atoms with E-state index in [0.29, 0.717) is 6.42 Å². The van der Waals surface area contributed by atoms with Crippen molar-refractivity contribution in [2.45, 2.75) is 33.8 Å². The first-order valence-electron chi connectivity index (χ1n) is 10.2. The van der Waals surface area contributed by atoms with Gasteiger partial charge in [-0.2, -0.15) is 4.98 Å². The van der Waals surface area contributed by atoms with Gasteiger partial charge in [-0.15, -0.1) is 0 Å². The monoisotopic (exact) mass is 476 g/mol. The van der Waals surface area contributed by atoms with E-state index in [1.54, 1.807) is 20.8 Å². The van der Waals surface area contributed by atoms with Crippen molar-refractivity contribution in [2.24, 2.45) is 0 Å². The molecule has 0 aliphatic heterocycles. The molecule has 3 aromatic rings. The maximum atomic E-state index is 12.5. The highest BCUT2D eigenvalue weighted by Crippen LogP contribution is 2.29. The lowest BCUT2D eigenvalue weighted by Crippen LogP contribution is -2.16. The van der Waals surface area contributed by atoms with Gasteiger partial charge in [0.25, 0.3) is 0 Å². The largest absolute Gasteiger partial charge is 0.462 e. The van der Waals surface area contributed by atoms with Gasteiger partial charge in [-0.1, -0.05) is 13.0 Å². The number of anilines is 2. The molecule has 0 radical (unpaired) electrons.